The number of nitrogens with one attached hydrogen (secondary N) is 2. The Morgan fingerprint density at radius 2 is 2.00 bits per heavy atom. The first-order valence-electron chi connectivity index (χ1n) is 9.30. The summed E-state index contributed by atoms with van der Waals surface area (Å²) in [5.41, 5.74) is 2.34. The number of hydrogen-bond acceptors (Lipinski definition) is 5. The molecule has 144 valence electrons. The van der Waals surface area contributed by atoms with Gasteiger partial charge in [-0.1, -0.05) is 48.5 Å². The second-order valence-electron chi connectivity index (χ2n) is 6.66. The Hall–Kier alpha value is -3.03. The van der Waals surface area contributed by atoms with E-state index in [2.05, 4.69) is 20.5 Å². The fraction of sp³-hybridized carbons (Fsp3) is 0.286. The monoisotopic (exact) mass is 378 g/mol. The highest BCUT2D eigenvalue weighted by molar-refractivity contribution is 6.00. The Kier molecular flexibility index (Phi) is 5.75. The molecule has 7 heteroatoms. The molecule has 0 spiro atoms. The number of hydrogen-bond donors (Lipinski definition) is 2. The molecule has 2 aromatic carbocycles. The lowest BCUT2D eigenvalue weighted by Gasteiger charge is -2.32. The molecule has 1 aliphatic rings. The molecule has 2 atom stereocenters. The Morgan fingerprint density at radius 3 is 2.82 bits per heavy atom. The van der Waals surface area contributed by atoms with E-state index in [1.807, 2.05) is 48.5 Å². The maximum Gasteiger partial charge on any atom is 0.252 e. The lowest BCUT2D eigenvalue weighted by molar-refractivity contribution is -0.0605. The van der Waals surface area contributed by atoms with E-state index in [-0.39, 0.29) is 18.1 Å². The molecule has 1 saturated heterocycles. The van der Waals surface area contributed by atoms with Crippen molar-refractivity contribution in [2.75, 3.05) is 13.2 Å². The number of H-pyrrole nitrogens is 1. The van der Waals surface area contributed by atoms with E-state index in [1.54, 1.807) is 6.07 Å². The molecule has 0 saturated carbocycles. The number of aromatic nitrogens is 3. The van der Waals surface area contributed by atoms with Crippen LogP contribution in [0.2, 0.25) is 0 Å². The molecule has 28 heavy (non-hydrogen) atoms. The highest BCUT2D eigenvalue weighted by Crippen LogP contribution is 2.21. The molecule has 1 amide bonds. The van der Waals surface area contributed by atoms with Crippen LogP contribution in [0, 0.1) is 0 Å². The minimum atomic E-state index is -0.215. The third-order valence-electron chi connectivity index (χ3n) is 4.76. The summed E-state index contributed by atoms with van der Waals surface area (Å²) in [5, 5.41) is 9.75. The molecule has 1 fully saturated rings. The second-order valence-corrected chi connectivity index (χ2v) is 6.66. The van der Waals surface area contributed by atoms with Gasteiger partial charge in [0, 0.05) is 12.2 Å². The van der Waals surface area contributed by atoms with Crippen molar-refractivity contribution in [1.82, 2.24) is 20.5 Å². The van der Waals surface area contributed by atoms with Gasteiger partial charge < -0.3 is 14.8 Å². The van der Waals surface area contributed by atoms with Gasteiger partial charge in [-0.3, -0.25) is 9.89 Å². The van der Waals surface area contributed by atoms with Crippen LogP contribution >= 0.6 is 0 Å². The molecule has 2 N–H and O–H groups in total. The van der Waals surface area contributed by atoms with Gasteiger partial charge in [0.15, 0.2) is 5.82 Å². The van der Waals surface area contributed by atoms with Crippen LogP contribution in [0.5, 0.6) is 0 Å². The Morgan fingerprint density at radius 1 is 1.18 bits per heavy atom. The van der Waals surface area contributed by atoms with Crippen molar-refractivity contribution in [3.63, 3.8) is 0 Å². The largest absolute Gasteiger partial charge is 0.379 e. The summed E-state index contributed by atoms with van der Waals surface area (Å²) in [6.45, 7) is 1.56. The number of carbonyl (C=O) groups excluding carboxylic acids is 1. The molecular formula is C21H22N4O3. The fourth-order valence-corrected chi connectivity index (χ4v) is 3.30. The summed E-state index contributed by atoms with van der Waals surface area (Å²) in [7, 11) is 0. The number of rotatable bonds is 6. The van der Waals surface area contributed by atoms with Gasteiger partial charge in [0.1, 0.15) is 6.33 Å². The lowest BCUT2D eigenvalue weighted by Crippen LogP contribution is -2.50. The van der Waals surface area contributed by atoms with Crippen molar-refractivity contribution in [2.45, 2.75) is 25.2 Å². The van der Waals surface area contributed by atoms with Gasteiger partial charge in [-0.15, -0.1) is 0 Å². The van der Waals surface area contributed by atoms with Crippen LogP contribution in [0.4, 0.5) is 0 Å². The number of benzene rings is 2. The SMILES string of the molecule is O=C(N[C@@H]1COCC[C@@H]1OCc1ccccc1)c1ccccc1-c1ncn[nH]1. The molecular weight excluding hydrogens is 356 g/mol. The normalized spacial score (nSPS) is 19.3. The van der Waals surface area contributed by atoms with E-state index < -0.39 is 0 Å². The molecule has 4 rings (SSSR count). The van der Waals surface area contributed by atoms with Crippen molar-refractivity contribution in [3.05, 3.63) is 72.1 Å². The minimum Gasteiger partial charge on any atom is -0.379 e. The zero-order chi connectivity index (χ0) is 19.2. The van der Waals surface area contributed by atoms with E-state index in [1.165, 1.54) is 6.33 Å². The first kappa shape index (κ1) is 18.3. The molecule has 0 aliphatic carbocycles. The third-order valence-corrected chi connectivity index (χ3v) is 4.76. The van der Waals surface area contributed by atoms with Crippen molar-refractivity contribution in [3.8, 4) is 11.4 Å². The Balaban J connectivity index is 1.45. The molecule has 2 heterocycles. The van der Waals surface area contributed by atoms with Crippen molar-refractivity contribution in [1.29, 1.82) is 0 Å². The molecule has 1 aliphatic heterocycles. The number of carbonyl (C=O) groups is 1. The zero-order valence-electron chi connectivity index (χ0n) is 15.4. The second kappa shape index (κ2) is 8.77. The average molecular weight is 378 g/mol. The van der Waals surface area contributed by atoms with E-state index in [0.29, 0.717) is 36.8 Å². The maximum absolute atomic E-state index is 13.0. The summed E-state index contributed by atoms with van der Waals surface area (Å²) >= 11 is 0. The fourth-order valence-electron chi connectivity index (χ4n) is 3.30. The highest BCUT2D eigenvalue weighted by Gasteiger charge is 2.29. The van der Waals surface area contributed by atoms with Gasteiger partial charge in [0.2, 0.25) is 0 Å². The molecule has 7 nitrogen and oxygen atoms in total. The Bertz CT molecular complexity index is 899. The molecule has 0 bridgehead atoms. The van der Waals surface area contributed by atoms with Crippen LogP contribution in [-0.2, 0) is 16.1 Å². The molecule has 1 aromatic heterocycles. The van der Waals surface area contributed by atoms with Crippen molar-refractivity contribution < 1.29 is 14.3 Å². The predicted octanol–water partition coefficient (Wildman–Crippen LogP) is 2.58. The van der Waals surface area contributed by atoms with E-state index >= 15 is 0 Å². The van der Waals surface area contributed by atoms with Gasteiger partial charge in [0.05, 0.1) is 30.9 Å². The third kappa shape index (κ3) is 4.27. The summed E-state index contributed by atoms with van der Waals surface area (Å²) < 4.78 is 11.7. The minimum absolute atomic E-state index is 0.102. The van der Waals surface area contributed by atoms with E-state index in [0.717, 1.165) is 12.0 Å². The topological polar surface area (TPSA) is 89.1 Å². The van der Waals surface area contributed by atoms with Gasteiger partial charge in [-0.05, 0) is 18.1 Å². The van der Waals surface area contributed by atoms with Crippen LogP contribution < -0.4 is 5.32 Å². The molecule has 0 radical (unpaired) electrons. The number of nitrogens with zero attached hydrogens (tertiary/aromatic N) is 2. The summed E-state index contributed by atoms with van der Waals surface area (Å²) in [6.07, 6.45) is 2.06. The molecule has 0 unspecified atom stereocenters. The van der Waals surface area contributed by atoms with Crippen LogP contribution in [0.25, 0.3) is 11.4 Å². The molecule has 3 aromatic rings. The van der Waals surface area contributed by atoms with Gasteiger partial charge in [-0.2, -0.15) is 5.10 Å². The lowest BCUT2D eigenvalue weighted by atomic mass is 10.0. The van der Waals surface area contributed by atoms with Crippen LogP contribution in [-0.4, -0.2) is 46.4 Å². The highest BCUT2D eigenvalue weighted by atomic mass is 16.5. The van der Waals surface area contributed by atoms with Crippen molar-refractivity contribution >= 4 is 5.91 Å². The predicted molar refractivity (Wildman–Crippen MR) is 104 cm³/mol. The van der Waals surface area contributed by atoms with Crippen molar-refractivity contribution in [2.24, 2.45) is 0 Å². The average Bonchev–Trinajstić information content (AvgIpc) is 3.29. The quantitative estimate of drug-likeness (QED) is 0.688. The number of ether oxygens (including phenoxy) is 2. The van der Waals surface area contributed by atoms with E-state index in [4.69, 9.17) is 9.47 Å². The van der Waals surface area contributed by atoms with Gasteiger partial charge in [0.25, 0.3) is 5.91 Å². The van der Waals surface area contributed by atoms with Crippen LogP contribution in [0.3, 0.4) is 0 Å². The first-order valence-corrected chi connectivity index (χ1v) is 9.30. The zero-order valence-corrected chi connectivity index (χ0v) is 15.4. The standard InChI is InChI=1S/C21H22N4O3/c26-21(17-9-5-4-8-16(17)20-22-14-23-25-20)24-18-13-27-11-10-19(18)28-12-15-6-2-1-3-7-15/h1-9,14,18-19H,10-13H2,(H,24,26)(H,22,23,25)/t18-,19+/m1/s1. The summed E-state index contributed by atoms with van der Waals surface area (Å²) in [6, 6.07) is 17.1. The van der Waals surface area contributed by atoms with E-state index in [9.17, 15) is 4.79 Å². The first-order chi connectivity index (χ1) is 13.8. The maximum atomic E-state index is 13.0. The Labute approximate surface area is 163 Å². The van der Waals surface area contributed by atoms with Gasteiger partial charge >= 0.3 is 0 Å². The summed E-state index contributed by atoms with van der Waals surface area (Å²) in [5.74, 6) is 0.373. The number of aromatic amines is 1. The van der Waals surface area contributed by atoms with Crippen LogP contribution in [0.1, 0.15) is 22.3 Å². The number of amides is 1. The summed E-state index contributed by atoms with van der Waals surface area (Å²) in [4.78, 5) is 17.1. The smallest absolute Gasteiger partial charge is 0.252 e. The van der Waals surface area contributed by atoms with Gasteiger partial charge in [-0.25, -0.2) is 4.98 Å². The van der Waals surface area contributed by atoms with Crippen LogP contribution in [0.15, 0.2) is 60.9 Å².